The molecule has 7 heteroatoms. The molecule has 0 aliphatic rings. The zero-order valence-corrected chi connectivity index (χ0v) is 16.0. The maximum absolute atomic E-state index is 12.1. The number of benzene rings is 1. The highest BCUT2D eigenvalue weighted by molar-refractivity contribution is 7.99. The highest BCUT2D eigenvalue weighted by Gasteiger charge is 2.14. The molecule has 0 fully saturated rings. The van der Waals surface area contributed by atoms with Crippen LogP contribution < -0.4 is 11.2 Å². The quantitative estimate of drug-likeness (QED) is 0.407. The van der Waals surface area contributed by atoms with Crippen LogP contribution in [0.1, 0.15) is 45.1 Å². The van der Waals surface area contributed by atoms with Crippen molar-refractivity contribution in [2.24, 2.45) is 0 Å². The molecule has 0 unspecified atom stereocenters. The number of unbranched alkanes of at least 4 members (excludes halogenated alkanes) is 2. The van der Waals surface area contributed by atoms with Gasteiger partial charge in [-0.25, -0.2) is 4.68 Å². The van der Waals surface area contributed by atoms with Gasteiger partial charge in [-0.15, -0.1) is 10.2 Å². The standard InChI is InChI=1S/C18H27N5OS/c1-4-5-6-7-14(3)20-16(24)12-25-18-22-21-17(23(18)19)15-10-8-13(2)9-11-15/h8-11,14H,4-7,12,19H2,1-3H3,(H,20,24)/t14-/m1/s1. The molecule has 0 saturated carbocycles. The molecule has 1 heterocycles. The van der Waals surface area contributed by atoms with E-state index in [1.807, 2.05) is 38.1 Å². The molecular weight excluding hydrogens is 334 g/mol. The Bertz CT molecular complexity index is 683. The van der Waals surface area contributed by atoms with Gasteiger partial charge in [0, 0.05) is 11.6 Å². The van der Waals surface area contributed by atoms with E-state index in [9.17, 15) is 4.79 Å². The Morgan fingerprint density at radius 1 is 1.28 bits per heavy atom. The lowest BCUT2D eigenvalue weighted by atomic mass is 10.1. The van der Waals surface area contributed by atoms with Crippen LogP contribution in [0.15, 0.2) is 29.4 Å². The smallest absolute Gasteiger partial charge is 0.230 e. The third-order valence-corrected chi connectivity index (χ3v) is 4.90. The van der Waals surface area contributed by atoms with Gasteiger partial charge in [0.15, 0.2) is 5.82 Å². The van der Waals surface area contributed by atoms with Crippen molar-refractivity contribution in [1.29, 1.82) is 0 Å². The van der Waals surface area contributed by atoms with Crippen LogP contribution in [0.3, 0.4) is 0 Å². The zero-order chi connectivity index (χ0) is 18.2. The van der Waals surface area contributed by atoms with Crippen molar-refractivity contribution in [2.45, 2.75) is 57.7 Å². The van der Waals surface area contributed by atoms with Crippen LogP contribution >= 0.6 is 11.8 Å². The number of rotatable bonds is 9. The van der Waals surface area contributed by atoms with Gasteiger partial charge < -0.3 is 11.2 Å². The summed E-state index contributed by atoms with van der Waals surface area (Å²) in [5.41, 5.74) is 2.08. The number of carbonyl (C=O) groups is 1. The number of amides is 1. The largest absolute Gasteiger partial charge is 0.353 e. The zero-order valence-electron chi connectivity index (χ0n) is 15.2. The summed E-state index contributed by atoms with van der Waals surface area (Å²) in [7, 11) is 0. The fourth-order valence-corrected chi connectivity index (χ4v) is 3.16. The molecule has 0 aliphatic heterocycles. The number of aryl methyl sites for hydroxylation is 1. The van der Waals surface area contributed by atoms with Gasteiger partial charge >= 0.3 is 0 Å². The summed E-state index contributed by atoms with van der Waals surface area (Å²) < 4.78 is 1.44. The van der Waals surface area contributed by atoms with Gasteiger partial charge in [-0.05, 0) is 20.3 Å². The van der Waals surface area contributed by atoms with E-state index in [4.69, 9.17) is 5.84 Å². The van der Waals surface area contributed by atoms with Crippen molar-refractivity contribution in [3.63, 3.8) is 0 Å². The molecule has 0 saturated heterocycles. The summed E-state index contributed by atoms with van der Waals surface area (Å²) in [5.74, 6) is 6.95. The Morgan fingerprint density at radius 3 is 2.68 bits per heavy atom. The molecule has 1 amide bonds. The minimum atomic E-state index is -0.00566. The Labute approximate surface area is 153 Å². The first-order valence-electron chi connectivity index (χ1n) is 8.71. The summed E-state index contributed by atoms with van der Waals surface area (Å²) >= 11 is 1.30. The van der Waals surface area contributed by atoms with Gasteiger partial charge in [0.05, 0.1) is 5.75 Å². The molecule has 1 aromatic heterocycles. The molecule has 0 aliphatic carbocycles. The number of nitrogens with two attached hydrogens (primary N) is 1. The van der Waals surface area contributed by atoms with Gasteiger partial charge in [0.1, 0.15) is 0 Å². The van der Waals surface area contributed by atoms with E-state index >= 15 is 0 Å². The van der Waals surface area contributed by atoms with Crippen LogP contribution in [0.2, 0.25) is 0 Å². The van der Waals surface area contributed by atoms with E-state index in [-0.39, 0.29) is 17.7 Å². The van der Waals surface area contributed by atoms with Crippen LogP contribution in [0.25, 0.3) is 11.4 Å². The van der Waals surface area contributed by atoms with Crippen LogP contribution in [0.5, 0.6) is 0 Å². The van der Waals surface area contributed by atoms with Crippen LogP contribution in [-0.4, -0.2) is 32.6 Å². The van der Waals surface area contributed by atoms with Crippen LogP contribution in [0, 0.1) is 6.92 Å². The average Bonchev–Trinajstić information content (AvgIpc) is 2.95. The van der Waals surface area contributed by atoms with E-state index < -0.39 is 0 Å². The first-order chi connectivity index (χ1) is 12.0. The number of hydrogen-bond acceptors (Lipinski definition) is 5. The van der Waals surface area contributed by atoms with E-state index in [1.165, 1.54) is 34.8 Å². The van der Waals surface area contributed by atoms with Crippen LogP contribution in [0.4, 0.5) is 0 Å². The van der Waals surface area contributed by atoms with Crippen molar-refractivity contribution < 1.29 is 4.79 Å². The number of nitrogens with zero attached hydrogens (tertiary/aromatic N) is 3. The summed E-state index contributed by atoms with van der Waals surface area (Å²) in [6.07, 6.45) is 4.54. The van der Waals surface area contributed by atoms with Gasteiger partial charge in [0.25, 0.3) is 0 Å². The fourth-order valence-electron chi connectivity index (χ4n) is 2.49. The number of nitrogens with one attached hydrogen (secondary N) is 1. The lowest BCUT2D eigenvalue weighted by Gasteiger charge is -2.13. The van der Waals surface area contributed by atoms with Crippen molar-refractivity contribution in [2.75, 3.05) is 11.6 Å². The molecule has 0 bridgehead atoms. The number of nitrogen functional groups attached to an aromatic ring is 1. The molecule has 2 rings (SSSR count). The fraction of sp³-hybridized carbons (Fsp3) is 0.500. The highest BCUT2D eigenvalue weighted by atomic mass is 32.2. The SMILES string of the molecule is CCCCC[C@@H](C)NC(=O)CSc1nnc(-c2ccc(C)cc2)n1N. The second-order valence-electron chi connectivity index (χ2n) is 6.30. The minimum Gasteiger partial charge on any atom is -0.353 e. The normalized spacial score (nSPS) is 12.1. The second kappa shape index (κ2) is 9.46. The van der Waals surface area contributed by atoms with Crippen molar-refractivity contribution in [3.8, 4) is 11.4 Å². The second-order valence-corrected chi connectivity index (χ2v) is 7.24. The topological polar surface area (TPSA) is 85.8 Å². The lowest BCUT2D eigenvalue weighted by Crippen LogP contribution is -2.33. The monoisotopic (exact) mass is 361 g/mol. The molecule has 6 nitrogen and oxygen atoms in total. The molecule has 1 aromatic carbocycles. The minimum absolute atomic E-state index is 0.00566. The summed E-state index contributed by atoms with van der Waals surface area (Å²) in [5, 5.41) is 11.8. The summed E-state index contributed by atoms with van der Waals surface area (Å²) in [4.78, 5) is 12.1. The molecule has 25 heavy (non-hydrogen) atoms. The molecule has 2 aromatic rings. The number of hydrogen-bond donors (Lipinski definition) is 2. The molecule has 0 radical (unpaired) electrons. The Morgan fingerprint density at radius 2 is 2.00 bits per heavy atom. The van der Waals surface area contributed by atoms with Gasteiger partial charge in [-0.1, -0.05) is 67.8 Å². The predicted molar refractivity (Wildman–Crippen MR) is 103 cm³/mol. The number of carbonyl (C=O) groups excluding carboxylic acids is 1. The third-order valence-electron chi connectivity index (χ3n) is 3.95. The Balaban J connectivity index is 1.87. The predicted octanol–water partition coefficient (Wildman–Crippen LogP) is 3.14. The molecule has 3 N–H and O–H groups in total. The maximum Gasteiger partial charge on any atom is 0.230 e. The first kappa shape index (κ1) is 19.3. The maximum atomic E-state index is 12.1. The first-order valence-corrected chi connectivity index (χ1v) is 9.69. The van der Waals surface area contributed by atoms with E-state index in [1.54, 1.807) is 0 Å². The van der Waals surface area contributed by atoms with Crippen molar-refractivity contribution in [1.82, 2.24) is 20.2 Å². The lowest BCUT2D eigenvalue weighted by molar-refractivity contribution is -0.119. The van der Waals surface area contributed by atoms with Crippen molar-refractivity contribution >= 4 is 17.7 Å². The van der Waals surface area contributed by atoms with E-state index in [0.717, 1.165) is 18.4 Å². The summed E-state index contributed by atoms with van der Waals surface area (Å²) in [6, 6.07) is 8.12. The van der Waals surface area contributed by atoms with Crippen LogP contribution in [-0.2, 0) is 4.79 Å². The molecule has 0 spiro atoms. The molecular formula is C18H27N5OS. The summed E-state index contributed by atoms with van der Waals surface area (Å²) in [6.45, 7) is 6.24. The Kier molecular flexibility index (Phi) is 7.31. The third kappa shape index (κ3) is 5.77. The number of aromatic nitrogens is 3. The van der Waals surface area contributed by atoms with Crippen molar-refractivity contribution in [3.05, 3.63) is 29.8 Å². The Hall–Kier alpha value is -2.02. The van der Waals surface area contributed by atoms with Gasteiger partial charge in [-0.2, -0.15) is 0 Å². The number of thioether (sulfide) groups is 1. The van der Waals surface area contributed by atoms with Gasteiger partial charge in [0.2, 0.25) is 11.1 Å². The average molecular weight is 362 g/mol. The van der Waals surface area contributed by atoms with E-state index in [0.29, 0.717) is 11.0 Å². The molecule has 1 atom stereocenters. The highest BCUT2D eigenvalue weighted by Crippen LogP contribution is 2.21. The van der Waals surface area contributed by atoms with Gasteiger partial charge in [-0.3, -0.25) is 4.79 Å². The molecule has 136 valence electrons. The van der Waals surface area contributed by atoms with E-state index in [2.05, 4.69) is 22.4 Å².